The number of allylic oxidation sites excluding steroid dienone is 1. The lowest BCUT2D eigenvalue weighted by molar-refractivity contribution is -0.139. The first-order chi connectivity index (χ1) is 16.5. The highest BCUT2D eigenvalue weighted by molar-refractivity contribution is 5.97. The molecule has 1 aromatic heterocycles. The Labute approximate surface area is 198 Å². The third-order valence-electron chi connectivity index (χ3n) is 5.48. The summed E-state index contributed by atoms with van der Waals surface area (Å²) in [6.07, 6.45) is 1.42. The number of fused-ring (bicyclic) bond motifs is 1. The summed E-state index contributed by atoms with van der Waals surface area (Å²) in [4.78, 5) is 32.2. The molecule has 1 aliphatic heterocycles. The third-order valence-corrected chi connectivity index (χ3v) is 5.48. The molecular weight excluding hydrogens is 434 g/mol. The van der Waals surface area contributed by atoms with Gasteiger partial charge in [-0.1, -0.05) is 42.5 Å². The van der Waals surface area contributed by atoms with Crippen LogP contribution in [0.25, 0.3) is 0 Å². The van der Waals surface area contributed by atoms with Gasteiger partial charge in [0.15, 0.2) is 0 Å². The second kappa shape index (κ2) is 10.2. The van der Waals surface area contributed by atoms with Crippen molar-refractivity contribution in [3.8, 4) is 5.75 Å². The van der Waals surface area contributed by atoms with Gasteiger partial charge in [-0.25, -0.2) is 9.48 Å². The van der Waals surface area contributed by atoms with Crippen LogP contribution in [0, 0.1) is 0 Å². The van der Waals surface area contributed by atoms with Crippen molar-refractivity contribution in [2.45, 2.75) is 26.8 Å². The minimum absolute atomic E-state index is 0.0740. The fourth-order valence-electron chi connectivity index (χ4n) is 4.02. The van der Waals surface area contributed by atoms with E-state index in [9.17, 15) is 9.59 Å². The molecule has 0 bridgehead atoms. The van der Waals surface area contributed by atoms with Gasteiger partial charge in [-0.2, -0.15) is 10.1 Å². The molecule has 0 saturated heterocycles. The number of nitrogens with zero attached hydrogens (tertiary/aromatic N) is 4. The number of benzene rings is 2. The van der Waals surface area contributed by atoms with Gasteiger partial charge in [-0.3, -0.25) is 4.79 Å². The van der Waals surface area contributed by atoms with Gasteiger partial charge in [-0.05, 0) is 38.5 Å². The Hall–Kier alpha value is -4.14. The molecule has 176 valence electrons. The molecular formula is C25H27N5O4. The molecule has 2 heterocycles. The smallest absolute Gasteiger partial charge is 0.338 e. The van der Waals surface area contributed by atoms with Crippen LogP contribution in [0.2, 0.25) is 0 Å². The number of esters is 1. The number of amides is 1. The van der Waals surface area contributed by atoms with E-state index < -0.39 is 12.0 Å². The summed E-state index contributed by atoms with van der Waals surface area (Å²) < 4.78 is 12.6. The minimum atomic E-state index is -0.518. The molecule has 1 N–H and O–H groups in total. The SMILES string of the molecule is CCOC(=O)C1=C(C)N(CC(=O)Nc2ccccc2OCC)c2ncnn2[C@@H]1c1ccccc1. The summed E-state index contributed by atoms with van der Waals surface area (Å²) >= 11 is 0. The van der Waals surface area contributed by atoms with Gasteiger partial charge in [-0.15, -0.1) is 0 Å². The molecule has 1 atom stereocenters. The number of carbonyl (C=O) groups excluding carboxylic acids is 2. The second-order valence-corrected chi connectivity index (χ2v) is 7.60. The predicted molar refractivity (Wildman–Crippen MR) is 128 cm³/mol. The van der Waals surface area contributed by atoms with Crippen molar-refractivity contribution in [3.63, 3.8) is 0 Å². The molecule has 0 unspecified atom stereocenters. The van der Waals surface area contributed by atoms with Crippen LogP contribution in [0.1, 0.15) is 32.4 Å². The average molecular weight is 462 g/mol. The van der Waals surface area contributed by atoms with E-state index in [2.05, 4.69) is 15.4 Å². The number of rotatable bonds is 8. The van der Waals surface area contributed by atoms with Gasteiger partial charge in [0.1, 0.15) is 24.7 Å². The van der Waals surface area contributed by atoms with Crippen LogP contribution < -0.4 is 15.0 Å². The topological polar surface area (TPSA) is 98.6 Å². The highest BCUT2D eigenvalue weighted by Crippen LogP contribution is 2.38. The molecule has 2 aromatic carbocycles. The van der Waals surface area contributed by atoms with E-state index in [-0.39, 0.29) is 19.1 Å². The van der Waals surface area contributed by atoms with Gasteiger partial charge in [0.05, 0.1) is 24.5 Å². The molecule has 1 aliphatic rings. The van der Waals surface area contributed by atoms with E-state index in [1.165, 1.54) is 6.33 Å². The second-order valence-electron chi connectivity index (χ2n) is 7.60. The number of hydrogen-bond donors (Lipinski definition) is 1. The summed E-state index contributed by atoms with van der Waals surface area (Å²) in [6, 6.07) is 16.3. The van der Waals surface area contributed by atoms with E-state index in [1.807, 2.05) is 49.4 Å². The van der Waals surface area contributed by atoms with Crippen LogP contribution in [0.15, 0.2) is 72.2 Å². The number of nitrogens with one attached hydrogen (secondary N) is 1. The maximum atomic E-state index is 13.1. The van der Waals surface area contributed by atoms with Crippen LogP contribution in [0.5, 0.6) is 5.75 Å². The normalized spacial score (nSPS) is 15.0. The highest BCUT2D eigenvalue weighted by Gasteiger charge is 2.38. The molecule has 0 spiro atoms. The van der Waals surface area contributed by atoms with Gasteiger partial charge in [0, 0.05) is 5.70 Å². The number of hydrogen-bond acceptors (Lipinski definition) is 7. The predicted octanol–water partition coefficient (Wildman–Crippen LogP) is 3.56. The number of aromatic nitrogens is 3. The molecule has 34 heavy (non-hydrogen) atoms. The van der Waals surface area contributed by atoms with Gasteiger partial charge in [0.25, 0.3) is 0 Å². The van der Waals surface area contributed by atoms with E-state index >= 15 is 0 Å². The highest BCUT2D eigenvalue weighted by atomic mass is 16.5. The summed E-state index contributed by atoms with van der Waals surface area (Å²) in [5, 5.41) is 7.29. The molecule has 1 amide bonds. The Kier molecular flexibility index (Phi) is 6.91. The summed E-state index contributed by atoms with van der Waals surface area (Å²) in [7, 11) is 0. The Bertz CT molecular complexity index is 1200. The van der Waals surface area contributed by atoms with Gasteiger partial charge in [0.2, 0.25) is 11.9 Å². The van der Waals surface area contributed by atoms with Crippen molar-refractivity contribution in [1.82, 2.24) is 14.8 Å². The van der Waals surface area contributed by atoms with E-state index in [0.717, 1.165) is 5.56 Å². The molecule has 0 aliphatic carbocycles. The first-order valence-electron chi connectivity index (χ1n) is 11.2. The maximum Gasteiger partial charge on any atom is 0.338 e. The fraction of sp³-hybridized carbons (Fsp3) is 0.280. The number of ether oxygens (including phenoxy) is 2. The molecule has 0 saturated carbocycles. The molecule has 9 nitrogen and oxygen atoms in total. The van der Waals surface area contributed by atoms with Crippen molar-refractivity contribution < 1.29 is 19.1 Å². The first kappa shape index (κ1) is 23.0. The average Bonchev–Trinajstić information content (AvgIpc) is 3.32. The Morgan fingerprint density at radius 1 is 1.03 bits per heavy atom. The van der Waals surface area contributed by atoms with Crippen LogP contribution in [0.4, 0.5) is 11.6 Å². The van der Waals surface area contributed by atoms with Crippen LogP contribution in [-0.2, 0) is 14.3 Å². The van der Waals surface area contributed by atoms with E-state index in [0.29, 0.717) is 35.3 Å². The number of anilines is 2. The molecule has 9 heteroatoms. The lowest BCUT2D eigenvalue weighted by Crippen LogP contribution is -2.40. The summed E-state index contributed by atoms with van der Waals surface area (Å²) in [5.74, 6) is 0.306. The molecule has 0 fully saturated rings. The van der Waals surface area contributed by atoms with Gasteiger partial charge < -0.3 is 19.7 Å². The van der Waals surface area contributed by atoms with Crippen molar-refractivity contribution in [2.24, 2.45) is 0 Å². The van der Waals surface area contributed by atoms with Crippen molar-refractivity contribution in [3.05, 3.63) is 77.8 Å². The minimum Gasteiger partial charge on any atom is -0.492 e. The Morgan fingerprint density at radius 3 is 2.50 bits per heavy atom. The van der Waals surface area contributed by atoms with Crippen molar-refractivity contribution in [1.29, 1.82) is 0 Å². The zero-order chi connectivity index (χ0) is 24.1. The number of para-hydroxylation sites is 2. The molecule has 4 rings (SSSR count). The first-order valence-corrected chi connectivity index (χ1v) is 11.2. The lowest BCUT2D eigenvalue weighted by Gasteiger charge is -2.35. The Balaban J connectivity index is 1.70. The van der Waals surface area contributed by atoms with Gasteiger partial charge >= 0.3 is 5.97 Å². The number of carbonyl (C=O) groups is 2. The van der Waals surface area contributed by atoms with Crippen molar-refractivity contribution in [2.75, 3.05) is 30.0 Å². The van der Waals surface area contributed by atoms with Crippen LogP contribution >= 0.6 is 0 Å². The maximum absolute atomic E-state index is 13.1. The van der Waals surface area contributed by atoms with Crippen molar-refractivity contribution >= 4 is 23.5 Å². The van der Waals surface area contributed by atoms with Crippen LogP contribution in [-0.4, -0.2) is 46.4 Å². The largest absolute Gasteiger partial charge is 0.492 e. The summed E-state index contributed by atoms with van der Waals surface area (Å²) in [5.41, 5.74) is 2.43. The van der Waals surface area contributed by atoms with Crippen LogP contribution in [0.3, 0.4) is 0 Å². The monoisotopic (exact) mass is 461 g/mol. The van der Waals surface area contributed by atoms with E-state index in [4.69, 9.17) is 9.47 Å². The third kappa shape index (κ3) is 4.50. The van der Waals surface area contributed by atoms with E-state index in [1.54, 1.807) is 35.6 Å². The fourth-order valence-corrected chi connectivity index (χ4v) is 4.02. The molecule has 3 aromatic rings. The lowest BCUT2D eigenvalue weighted by atomic mass is 9.95. The Morgan fingerprint density at radius 2 is 1.76 bits per heavy atom. The zero-order valence-electron chi connectivity index (χ0n) is 19.4. The quantitative estimate of drug-likeness (QED) is 0.512. The zero-order valence-corrected chi connectivity index (χ0v) is 19.4. The standard InChI is InChI=1S/C25H27N5O4/c1-4-33-20-14-10-9-13-19(20)28-21(31)15-29-17(3)22(24(32)34-5-2)23(18-11-7-6-8-12-18)30-25(29)26-16-27-30/h6-14,16,23H,4-5,15H2,1-3H3,(H,28,31)/t23-/m1/s1. The summed E-state index contributed by atoms with van der Waals surface area (Å²) in [6.45, 7) is 6.07. The molecule has 0 radical (unpaired) electrons.